The van der Waals surface area contributed by atoms with Crippen LogP contribution >= 0.6 is 11.3 Å². The quantitative estimate of drug-likeness (QED) is 0.552. The van der Waals surface area contributed by atoms with E-state index in [2.05, 4.69) is 14.4 Å². The monoisotopic (exact) mass is 295 g/mol. The molecule has 0 bridgehead atoms. The second-order valence-electron chi connectivity index (χ2n) is 3.14. The van der Waals surface area contributed by atoms with Crippen LogP contribution < -0.4 is 9.44 Å². The number of nitrogens with one attached hydrogen (secondary N) is 2. The highest BCUT2D eigenvalue weighted by molar-refractivity contribution is 7.87. The standard InChI is InChI=1S/C8H13N3O5S2/c1-16-3-2-9-18(14,15)10-4-7-11-6(5-17-7)8(12)13/h5,9-10H,2-4H2,1H3,(H,12,13). The van der Waals surface area contributed by atoms with Gasteiger partial charge in [-0.3, -0.25) is 0 Å². The van der Waals surface area contributed by atoms with Gasteiger partial charge in [-0.2, -0.15) is 17.9 Å². The van der Waals surface area contributed by atoms with E-state index in [0.717, 1.165) is 11.3 Å². The molecule has 102 valence electrons. The summed E-state index contributed by atoms with van der Waals surface area (Å²) in [5.41, 5.74) is -0.0958. The lowest BCUT2D eigenvalue weighted by atomic mass is 10.5. The van der Waals surface area contributed by atoms with Crippen molar-refractivity contribution >= 4 is 27.5 Å². The molecule has 18 heavy (non-hydrogen) atoms. The van der Waals surface area contributed by atoms with Gasteiger partial charge >= 0.3 is 5.97 Å². The predicted octanol–water partition coefficient (Wildman–Crippen LogP) is -0.588. The minimum atomic E-state index is -3.62. The fraction of sp³-hybridized carbons (Fsp3) is 0.500. The molecular formula is C8H13N3O5S2. The van der Waals surface area contributed by atoms with Crippen LogP contribution in [-0.4, -0.2) is 44.7 Å². The number of hydrogen-bond donors (Lipinski definition) is 3. The lowest BCUT2D eigenvalue weighted by molar-refractivity contribution is 0.0691. The molecule has 0 aliphatic rings. The molecule has 0 spiro atoms. The molecule has 8 nitrogen and oxygen atoms in total. The van der Waals surface area contributed by atoms with Crippen molar-refractivity contribution in [3.63, 3.8) is 0 Å². The van der Waals surface area contributed by atoms with Crippen molar-refractivity contribution in [2.24, 2.45) is 0 Å². The van der Waals surface area contributed by atoms with Crippen molar-refractivity contribution in [3.8, 4) is 0 Å². The second kappa shape index (κ2) is 6.75. The van der Waals surface area contributed by atoms with Crippen LogP contribution in [-0.2, 0) is 21.5 Å². The molecule has 0 aliphatic carbocycles. The van der Waals surface area contributed by atoms with Gasteiger partial charge in [0.1, 0.15) is 5.01 Å². The number of hydrogen-bond acceptors (Lipinski definition) is 6. The number of aromatic nitrogens is 1. The van der Waals surface area contributed by atoms with Crippen LogP contribution in [0.3, 0.4) is 0 Å². The fourth-order valence-electron chi connectivity index (χ4n) is 0.976. The summed E-state index contributed by atoms with van der Waals surface area (Å²) in [5.74, 6) is -1.14. The third-order valence-electron chi connectivity index (χ3n) is 1.78. The molecule has 0 atom stereocenters. The Morgan fingerprint density at radius 2 is 2.28 bits per heavy atom. The molecule has 1 aromatic heterocycles. The Hall–Kier alpha value is -1.07. The van der Waals surface area contributed by atoms with E-state index in [1.165, 1.54) is 12.5 Å². The van der Waals surface area contributed by atoms with Crippen LogP contribution in [0.1, 0.15) is 15.5 Å². The van der Waals surface area contributed by atoms with E-state index in [0.29, 0.717) is 5.01 Å². The van der Waals surface area contributed by atoms with Crippen molar-refractivity contribution in [3.05, 3.63) is 16.1 Å². The number of thiazole rings is 1. The lowest BCUT2D eigenvalue weighted by Gasteiger charge is -2.06. The summed E-state index contributed by atoms with van der Waals surface area (Å²) in [4.78, 5) is 14.3. The minimum Gasteiger partial charge on any atom is -0.476 e. The number of carbonyl (C=O) groups is 1. The van der Waals surface area contributed by atoms with Gasteiger partial charge in [0, 0.05) is 19.0 Å². The third kappa shape index (κ3) is 5.06. The molecule has 10 heteroatoms. The Morgan fingerprint density at radius 1 is 1.56 bits per heavy atom. The summed E-state index contributed by atoms with van der Waals surface area (Å²) in [6.45, 7) is 0.367. The molecule has 3 N–H and O–H groups in total. The molecular weight excluding hydrogens is 282 g/mol. The summed E-state index contributed by atoms with van der Waals surface area (Å²) < 4.78 is 32.0. The zero-order chi connectivity index (χ0) is 13.6. The van der Waals surface area contributed by atoms with E-state index in [4.69, 9.17) is 9.84 Å². The highest BCUT2D eigenvalue weighted by atomic mass is 32.2. The zero-order valence-electron chi connectivity index (χ0n) is 9.54. The van der Waals surface area contributed by atoms with Gasteiger partial charge in [0.2, 0.25) is 0 Å². The average molecular weight is 295 g/mol. The number of carboxylic acids is 1. The van der Waals surface area contributed by atoms with Crippen molar-refractivity contribution in [1.29, 1.82) is 0 Å². The van der Waals surface area contributed by atoms with E-state index in [1.54, 1.807) is 0 Å². The van der Waals surface area contributed by atoms with Crippen LogP contribution in [0.15, 0.2) is 5.38 Å². The Bertz CT molecular complexity index is 499. The van der Waals surface area contributed by atoms with Crippen molar-refractivity contribution < 1.29 is 23.1 Å². The minimum absolute atomic E-state index is 0.0553. The van der Waals surface area contributed by atoms with E-state index in [1.807, 2.05) is 0 Å². The molecule has 1 aromatic rings. The average Bonchev–Trinajstić information content (AvgIpc) is 2.75. The highest BCUT2D eigenvalue weighted by Gasteiger charge is 2.12. The summed E-state index contributed by atoms with van der Waals surface area (Å²) in [6, 6.07) is 0. The largest absolute Gasteiger partial charge is 0.476 e. The molecule has 0 aliphatic heterocycles. The van der Waals surface area contributed by atoms with E-state index >= 15 is 0 Å². The Morgan fingerprint density at radius 3 is 2.83 bits per heavy atom. The molecule has 1 rings (SSSR count). The molecule has 0 saturated carbocycles. The Kier molecular flexibility index (Phi) is 5.62. The van der Waals surface area contributed by atoms with Gasteiger partial charge in [-0.15, -0.1) is 11.3 Å². The number of carboxylic acid groups (broad SMARTS) is 1. The molecule has 0 aromatic carbocycles. The van der Waals surface area contributed by atoms with Crippen LogP contribution in [0.5, 0.6) is 0 Å². The topological polar surface area (TPSA) is 118 Å². The van der Waals surface area contributed by atoms with Gasteiger partial charge in [-0.25, -0.2) is 9.78 Å². The van der Waals surface area contributed by atoms with Gasteiger partial charge in [0.05, 0.1) is 13.2 Å². The summed E-state index contributed by atoms with van der Waals surface area (Å²) >= 11 is 1.08. The van der Waals surface area contributed by atoms with Crippen LogP contribution in [0, 0.1) is 0 Å². The third-order valence-corrected chi connectivity index (χ3v) is 3.74. The first-order chi connectivity index (χ1) is 8.44. The van der Waals surface area contributed by atoms with E-state index < -0.39 is 16.2 Å². The number of aromatic carboxylic acids is 1. The predicted molar refractivity (Wildman–Crippen MR) is 64.7 cm³/mol. The Balaban J connectivity index is 2.46. The molecule has 0 radical (unpaired) electrons. The zero-order valence-corrected chi connectivity index (χ0v) is 11.2. The summed E-state index contributed by atoms with van der Waals surface area (Å²) in [6.07, 6.45) is 0. The number of nitrogens with zero attached hydrogens (tertiary/aromatic N) is 1. The summed E-state index contributed by atoms with van der Waals surface area (Å²) in [7, 11) is -2.16. The molecule has 0 fully saturated rings. The second-order valence-corrected chi connectivity index (χ2v) is 5.67. The van der Waals surface area contributed by atoms with Crippen molar-refractivity contribution in [2.75, 3.05) is 20.3 Å². The van der Waals surface area contributed by atoms with Gasteiger partial charge in [0.15, 0.2) is 5.69 Å². The first-order valence-electron chi connectivity index (χ1n) is 4.85. The maximum absolute atomic E-state index is 11.4. The van der Waals surface area contributed by atoms with Gasteiger partial charge in [-0.1, -0.05) is 0 Å². The van der Waals surface area contributed by atoms with E-state index in [9.17, 15) is 13.2 Å². The van der Waals surface area contributed by atoms with E-state index in [-0.39, 0.29) is 25.4 Å². The van der Waals surface area contributed by atoms with Crippen molar-refractivity contribution in [2.45, 2.75) is 6.54 Å². The van der Waals surface area contributed by atoms with Crippen LogP contribution in [0.4, 0.5) is 0 Å². The van der Waals surface area contributed by atoms with Gasteiger partial charge < -0.3 is 9.84 Å². The van der Waals surface area contributed by atoms with Gasteiger partial charge in [0.25, 0.3) is 10.2 Å². The Labute approximate surface area is 108 Å². The number of rotatable bonds is 8. The first kappa shape index (κ1) is 15.0. The number of ether oxygens (including phenoxy) is 1. The van der Waals surface area contributed by atoms with Crippen LogP contribution in [0.25, 0.3) is 0 Å². The van der Waals surface area contributed by atoms with Crippen LogP contribution in [0.2, 0.25) is 0 Å². The molecule has 0 amide bonds. The maximum Gasteiger partial charge on any atom is 0.355 e. The fourth-order valence-corrected chi connectivity index (χ4v) is 2.56. The normalized spacial score (nSPS) is 11.6. The smallest absolute Gasteiger partial charge is 0.355 e. The highest BCUT2D eigenvalue weighted by Crippen LogP contribution is 2.09. The lowest BCUT2D eigenvalue weighted by Crippen LogP contribution is -2.37. The summed E-state index contributed by atoms with van der Waals surface area (Å²) in [5, 5.41) is 10.4. The molecule has 0 unspecified atom stereocenters. The molecule has 1 heterocycles. The number of methoxy groups -OCH3 is 1. The van der Waals surface area contributed by atoms with Crippen molar-refractivity contribution in [1.82, 2.24) is 14.4 Å². The molecule has 0 saturated heterocycles. The maximum atomic E-state index is 11.4. The van der Waals surface area contributed by atoms with Gasteiger partial charge in [-0.05, 0) is 0 Å². The first-order valence-corrected chi connectivity index (χ1v) is 7.22. The SMILES string of the molecule is COCCNS(=O)(=O)NCc1nc(C(=O)O)cs1.